The first-order chi connectivity index (χ1) is 13.3. The fraction of sp³-hybridized carbons (Fsp3) is 0.368. The highest BCUT2D eigenvalue weighted by Crippen LogP contribution is 2.33. The molecule has 1 aromatic carbocycles. The van der Waals surface area contributed by atoms with Gasteiger partial charge in [0.25, 0.3) is 0 Å². The van der Waals surface area contributed by atoms with Crippen LogP contribution in [-0.4, -0.2) is 49.3 Å². The molecule has 5 nitrogen and oxygen atoms in total. The summed E-state index contributed by atoms with van der Waals surface area (Å²) < 4.78 is 4.92. The molecule has 1 aliphatic heterocycles. The van der Waals surface area contributed by atoms with Crippen molar-refractivity contribution in [2.24, 2.45) is 0 Å². The summed E-state index contributed by atoms with van der Waals surface area (Å²) in [6, 6.07) is 5.67. The largest absolute Gasteiger partial charge is 0.465 e. The van der Waals surface area contributed by atoms with Crippen LogP contribution in [0.3, 0.4) is 0 Å². The van der Waals surface area contributed by atoms with Gasteiger partial charge in [0.05, 0.1) is 22.7 Å². The van der Waals surface area contributed by atoms with Gasteiger partial charge in [-0.2, -0.15) is 0 Å². The summed E-state index contributed by atoms with van der Waals surface area (Å²) in [6.07, 6.45) is 0. The van der Waals surface area contributed by atoms with Crippen molar-refractivity contribution in [3.8, 4) is 0 Å². The van der Waals surface area contributed by atoms with Gasteiger partial charge in [-0.1, -0.05) is 23.2 Å². The van der Waals surface area contributed by atoms with E-state index in [1.54, 1.807) is 0 Å². The van der Waals surface area contributed by atoms with Crippen LogP contribution >= 0.6 is 46.8 Å². The Morgan fingerprint density at radius 2 is 1.86 bits per heavy atom. The Morgan fingerprint density at radius 1 is 1.18 bits per heavy atom. The van der Waals surface area contributed by atoms with E-state index >= 15 is 0 Å². The summed E-state index contributed by atoms with van der Waals surface area (Å²) in [6.45, 7) is 7.06. The molecule has 0 bridgehead atoms. The molecule has 1 aliphatic rings. The van der Waals surface area contributed by atoms with Crippen molar-refractivity contribution < 1.29 is 9.53 Å². The highest BCUT2D eigenvalue weighted by Gasteiger charge is 2.24. The van der Waals surface area contributed by atoms with Crippen LogP contribution < -0.4 is 10.2 Å². The SMILES string of the molecule is COC(=O)c1c(NC(=S)N2CCN(c3ccc(Cl)c(Cl)c3)CC2)sc(C)c1C. The van der Waals surface area contributed by atoms with Gasteiger partial charge in [0.15, 0.2) is 5.11 Å². The molecule has 0 aliphatic carbocycles. The lowest BCUT2D eigenvalue weighted by Gasteiger charge is -2.37. The summed E-state index contributed by atoms with van der Waals surface area (Å²) >= 11 is 19.2. The first kappa shape index (κ1) is 21.2. The molecular weight excluding hydrogens is 437 g/mol. The van der Waals surface area contributed by atoms with Crippen molar-refractivity contribution in [1.29, 1.82) is 0 Å². The minimum Gasteiger partial charge on any atom is -0.465 e. The highest BCUT2D eigenvalue weighted by molar-refractivity contribution is 7.80. The van der Waals surface area contributed by atoms with Gasteiger partial charge >= 0.3 is 5.97 Å². The Bertz CT molecular complexity index is 909. The van der Waals surface area contributed by atoms with Gasteiger partial charge in [0.1, 0.15) is 5.00 Å². The van der Waals surface area contributed by atoms with Gasteiger partial charge < -0.3 is 19.9 Å². The number of esters is 1. The summed E-state index contributed by atoms with van der Waals surface area (Å²) in [5.41, 5.74) is 2.53. The molecule has 28 heavy (non-hydrogen) atoms. The van der Waals surface area contributed by atoms with E-state index in [1.807, 2.05) is 32.0 Å². The van der Waals surface area contributed by atoms with Crippen molar-refractivity contribution in [1.82, 2.24) is 4.90 Å². The Kier molecular flexibility index (Phi) is 6.70. The summed E-state index contributed by atoms with van der Waals surface area (Å²) in [4.78, 5) is 17.6. The maximum Gasteiger partial charge on any atom is 0.341 e. The number of rotatable bonds is 3. The number of thiocarbonyl (C=S) groups is 1. The lowest BCUT2D eigenvalue weighted by atomic mass is 10.1. The molecule has 1 N–H and O–H groups in total. The summed E-state index contributed by atoms with van der Waals surface area (Å²) in [7, 11) is 1.39. The van der Waals surface area contributed by atoms with Crippen molar-refractivity contribution in [3.63, 3.8) is 0 Å². The van der Waals surface area contributed by atoms with Gasteiger partial charge in [-0.05, 0) is 49.8 Å². The minimum absolute atomic E-state index is 0.350. The number of carbonyl (C=O) groups is 1. The third-order valence-electron chi connectivity index (χ3n) is 4.83. The van der Waals surface area contributed by atoms with Crippen LogP contribution in [0.1, 0.15) is 20.8 Å². The monoisotopic (exact) mass is 457 g/mol. The van der Waals surface area contributed by atoms with Gasteiger partial charge in [-0.15, -0.1) is 11.3 Å². The number of aryl methyl sites for hydroxylation is 1. The number of hydrogen-bond acceptors (Lipinski definition) is 5. The Labute approximate surface area is 184 Å². The van der Waals surface area contributed by atoms with Crippen molar-refractivity contribution in [3.05, 3.63) is 44.2 Å². The quantitative estimate of drug-likeness (QED) is 0.517. The fourth-order valence-corrected chi connectivity index (χ4v) is 4.78. The normalized spacial score (nSPS) is 14.2. The van der Waals surface area contributed by atoms with E-state index in [0.717, 1.165) is 47.3 Å². The molecular formula is C19H21Cl2N3O2S2. The number of ether oxygens (including phenoxy) is 1. The van der Waals surface area contributed by atoms with Crippen LogP contribution in [0, 0.1) is 13.8 Å². The number of thiophene rings is 1. The molecule has 0 saturated carbocycles. The number of nitrogens with one attached hydrogen (secondary N) is 1. The van der Waals surface area contributed by atoms with Crippen molar-refractivity contribution in [2.45, 2.75) is 13.8 Å². The van der Waals surface area contributed by atoms with E-state index in [1.165, 1.54) is 18.4 Å². The van der Waals surface area contributed by atoms with E-state index in [2.05, 4.69) is 15.1 Å². The second-order valence-electron chi connectivity index (χ2n) is 6.48. The zero-order chi connectivity index (χ0) is 20.4. The van der Waals surface area contributed by atoms with E-state index in [4.69, 9.17) is 40.2 Å². The molecule has 0 amide bonds. The van der Waals surface area contributed by atoms with Crippen LogP contribution in [0.25, 0.3) is 0 Å². The van der Waals surface area contributed by atoms with Crippen LogP contribution in [0.15, 0.2) is 18.2 Å². The van der Waals surface area contributed by atoms with Crippen molar-refractivity contribution >= 4 is 68.5 Å². The van der Waals surface area contributed by atoms with E-state index < -0.39 is 0 Å². The third kappa shape index (κ3) is 4.38. The average molecular weight is 458 g/mol. The number of carbonyl (C=O) groups excluding carboxylic acids is 1. The van der Waals surface area contributed by atoms with E-state index in [-0.39, 0.29) is 5.97 Å². The number of methoxy groups -OCH3 is 1. The highest BCUT2D eigenvalue weighted by atomic mass is 35.5. The van der Waals surface area contributed by atoms with Gasteiger partial charge in [0.2, 0.25) is 0 Å². The lowest BCUT2D eigenvalue weighted by Crippen LogP contribution is -2.50. The average Bonchev–Trinajstić information content (AvgIpc) is 2.97. The van der Waals surface area contributed by atoms with Crippen LogP contribution in [0.5, 0.6) is 0 Å². The maximum absolute atomic E-state index is 12.1. The number of piperazine rings is 1. The van der Waals surface area contributed by atoms with Crippen LogP contribution in [0.2, 0.25) is 10.0 Å². The molecule has 0 radical (unpaired) electrons. The molecule has 2 aromatic rings. The number of hydrogen-bond donors (Lipinski definition) is 1. The van der Waals surface area contributed by atoms with Gasteiger partial charge in [-0.3, -0.25) is 0 Å². The minimum atomic E-state index is -0.350. The van der Waals surface area contributed by atoms with Crippen molar-refractivity contribution in [2.75, 3.05) is 43.5 Å². The first-order valence-corrected chi connectivity index (χ1v) is 10.7. The summed E-state index contributed by atoms with van der Waals surface area (Å²) in [5, 5.41) is 5.70. The molecule has 150 valence electrons. The lowest BCUT2D eigenvalue weighted by molar-refractivity contribution is 0.0601. The molecule has 1 fully saturated rings. The molecule has 0 spiro atoms. The second-order valence-corrected chi connectivity index (χ2v) is 8.91. The van der Waals surface area contributed by atoms with Gasteiger partial charge in [0, 0.05) is 36.7 Å². The number of nitrogens with zero attached hydrogens (tertiary/aromatic N) is 2. The molecule has 9 heteroatoms. The number of anilines is 2. The standard InChI is InChI=1S/C19H21Cl2N3O2S2/c1-11-12(2)28-17(16(11)18(25)26-3)22-19(27)24-8-6-23(7-9-24)13-4-5-14(20)15(21)10-13/h4-5,10H,6-9H2,1-3H3,(H,22,27). The second kappa shape index (κ2) is 8.86. The zero-order valence-corrected chi connectivity index (χ0v) is 19.0. The number of benzene rings is 1. The predicted molar refractivity (Wildman–Crippen MR) is 122 cm³/mol. The van der Waals surface area contributed by atoms with E-state index in [0.29, 0.717) is 20.7 Å². The zero-order valence-electron chi connectivity index (χ0n) is 15.8. The van der Waals surface area contributed by atoms with E-state index in [9.17, 15) is 4.79 Å². The number of halogens is 2. The molecule has 2 heterocycles. The Morgan fingerprint density at radius 3 is 2.46 bits per heavy atom. The first-order valence-electron chi connectivity index (χ1n) is 8.76. The molecule has 1 aromatic heterocycles. The molecule has 1 saturated heterocycles. The topological polar surface area (TPSA) is 44.8 Å². The van der Waals surface area contributed by atoms with Gasteiger partial charge in [-0.25, -0.2) is 4.79 Å². The molecule has 0 atom stereocenters. The molecule has 3 rings (SSSR count). The molecule has 0 unspecified atom stereocenters. The Hall–Kier alpha value is -1.54. The van der Waals surface area contributed by atoms with Crippen LogP contribution in [0.4, 0.5) is 10.7 Å². The predicted octanol–water partition coefficient (Wildman–Crippen LogP) is 4.98. The fourth-order valence-electron chi connectivity index (χ4n) is 3.09. The summed E-state index contributed by atoms with van der Waals surface area (Å²) in [5.74, 6) is -0.350. The Balaban J connectivity index is 1.65. The maximum atomic E-state index is 12.1. The van der Waals surface area contributed by atoms with Crippen LogP contribution in [-0.2, 0) is 4.74 Å². The third-order valence-corrected chi connectivity index (χ3v) is 7.05. The smallest absolute Gasteiger partial charge is 0.341 e.